The Morgan fingerprint density at radius 3 is 2.80 bits per heavy atom. The molecule has 1 aromatic rings. The van der Waals surface area contributed by atoms with Crippen LogP contribution in [0, 0.1) is 0 Å². The molecule has 84 valence electrons. The van der Waals surface area contributed by atoms with E-state index < -0.39 is 8.07 Å². The summed E-state index contributed by atoms with van der Waals surface area (Å²) in [6, 6.07) is 1.13. The molecule has 0 radical (unpaired) electrons. The topological polar surface area (TPSA) is 57.0 Å². The van der Waals surface area contributed by atoms with E-state index in [9.17, 15) is 4.79 Å². The summed E-state index contributed by atoms with van der Waals surface area (Å²) in [6.07, 6.45) is 2.12. The minimum Gasteiger partial charge on any atom is -0.359 e. The van der Waals surface area contributed by atoms with Crippen LogP contribution in [0.1, 0.15) is 10.6 Å². The van der Waals surface area contributed by atoms with Crippen LogP contribution in [0.25, 0.3) is 0 Å². The molecule has 0 atom stereocenters. The van der Waals surface area contributed by atoms with Crippen LogP contribution in [-0.4, -0.2) is 35.7 Å². The quantitative estimate of drug-likeness (QED) is 0.419. The van der Waals surface area contributed by atoms with Crippen LogP contribution in [0.4, 0.5) is 0 Å². The summed E-state index contributed by atoms with van der Waals surface area (Å²) in [5, 5.41) is 3.89. The fourth-order valence-corrected chi connectivity index (χ4v) is 1.72. The molecule has 0 N–H and O–H groups in total. The smallest absolute Gasteiger partial charge is 0.214 e. The average molecular weight is 227 g/mol. The number of aromatic nitrogens is 3. The minimum atomic E-state index is -1.02. The van der Waals surface area contributed by atoms with E-state index in [-0.39, 0.29) is 5.82 Å². The number of nitrogens with zero attached hydrogens (tertiary/aromatic N) is 3. The first-order valence-electron chi connectivity index (χ1n) is 4.94. The Balaban J connectivity index is 2.23. The van der Waals surface area contributed by atoms with Gasteiger partial charge >= 0.3 is 0 Å². The fraction of sp³-hybridized carbons (Fsp3) is 0.667. The Bertz CT molecular complexity index is 319. The van der Waals surface area contributed by atoms with E-state index in [0.29, 0.717) is 13.0 Å². The molecule has 0 fully saturated rings. The zero-order valence-corrected chi connectivity index (χ0v) is 10.4. The first kappa shape index (κ1) is 12.1. The summed E-state index contributed by atoms with van der Waals surface area (Å²) < 4.78 is 6.95. The molecule has 0 amide bonds. The standard InChI is InChI=1S/C9H17N3O2Si/c1-15(2,3)5-4-14-8-12-7-10-9(6-13)11-12/h6-7H,4-5,8H2,1-3H3. The number of hydrogen-bond acceptors (Lipinski definition) is 4. The SMILES string of the molecule is C[Si](C)(C)CCOCn1cnc(C=O)n1. The van der Waals surface area contributed by atoms with Gasteiger partial charge in [-0.1, -0.05) is 19.6 Å². The van der Waals surface area contributed by atoms with Crippen molar-refractivity contribution in [2.24, 2.45) is 0 Å². The van der Waals surface area contributed by atoms with Gasteiger partial charge in [-0.05, 0) is 6.04 Å². The molecule has 1 rings (SSSR count). The van der Waals surface area contributed by atoms with E-state index in [1.165, 1.54) is 11.0 Å². The molecule has 0 aromatic carbocycles. The van der Waals surface area contributed by atoms with Crippen LogP contribution in [0.3, 0.4) is 0 Å². The van der Waals surface area contributed by atoms with Gasteiger partial charge in [-0.15, -0.1) is 5.10 Å². The number of aldehydes is 1. The molecule has 0 bridgehead atoms. The fourth-order valence-electron chi connectivity index (χ4n) is 0.962. The zero-order chi connectivity index (χ0) is 11.3. The summed E-state index contributed by atoms with van der Waals surface area (Å²) >= 11 is 0. The molecule has 5 nitrogen and oxygen atoms in total. The Labute approximate surface area is 90.5 Å². The van der Waals surface area contributed by atoms with Crippen molar-refractivity contribution < 1.29 is 9.53 Å². The molecule has 0 aliphatic rings. The molecule has 0 saturated heterocycles. The van der Waals surface area contributed by atoms with Crippen LogP contribution in [0.15, 0.2) is 6.33 Å². The lowest BCUT2D eigenvalue weighted by Gasteiger charge is -2.15. The summed E-state index contributed by atoms with van der Waals surface area (Å²) in [6.45, 7) is 8.01. The molecule has 6 heteroatoms. The van der Waals surface area contributed by atoms with Crippen molar-refractivity contribution in [3.05, 3.63) is 12.2 Å². The van der Waals surface area contributed by atoms with Crippen molar-refractivity contribution in [1.82, 2.24) is 14.8 Å². The minimum absolute atomic E-state index is 0.198. The van der Waals surface area contributed by atoms with Gasteiger partial charge in [0, 0.05) is 14.7 Å². The molecular formula is C9H17N3O2Si. The second-order valence-corrected chi connectivity index (χ2v) is 10.2. The number of ether oxygens (including phenoxy) is 1. The Hall–Kier alpha value is -1.01. The molecule has 0 saturated carbocycles. The highest BCUT2D eigenvalue weighted by Crippen LogP contribution is 2.07. The second kappa shape index (κ2) is 5.18. The predicted octanol–water partition coefficient (Wildman–Crippen LogP) is 1.40. The van der Waals surface area contributed by atoms with Gasteiger partial charge in [-0.25, -0.2) is 9.67 Å². The van der Waals surface area contributed by atoms with Crippen LogP contribution in [0.2, 0.25) is 25.7 Å². The normalized spacial score (nSPS) is 11.7. The molecule has 0 unspecified atom stereocenters. The summed E-state index contributed by atoms with van der Waals surface area (Å²) in [5.74, 6) is 0.198. The third kappa shape index (κ3) is 4.85. The maximum absolute atomic E-state index is 10.3. The average Bonchev–Trinajstić information content (AvgIpc) is 2.59. The van der Waals surface area contributed by atoms with Crippen molar-refractivity contribution in [2.45, 2.75) is 32.4 Å². The van der Waals surface area contributed by atoms with Gasteiger partial charge in [0.05, 0.1) is 0 Å². The van der Waals surface area contributed by atoms with Gasteiger partial charge in [-0.2, -0.15) is 0 Å². The lowest BCUT2D eigenvalue weighted by molar-refractivity contribution is 0.0780. The largest absolute Gasteiger partial charge is 0.359 e. The van der Waals surface area contributed by atoms with Crippen molar-refractivity contribution in [2.75, 3.05) is 6.61 Å². The first-order chi connectivity index (χ1) is 7.01. The third-order valence-electron chi connectivity index (χ3n) is 1.88. The maximum atomic E-state index is 10.3. The van der Waals surface area contributed by atoms with Crippen LogP contribution >= 0.6 is 0 Å². The molecular weight excluding hydrogens is 210 g/mol. The molecule has 0 aliphatic heterocycles. The highest BCUT2D eigenvalue weighted by molar-refractivity contribution is 6.76. The van der Waals surface area contributed by atoms with Gasteiger partial charge in [0.25, 0.3) is 0 Å². The Morgan fingerprint density at radius 2 is 2.27 bits per heavy atom. The third-order valence-corrected chi connectivity index (χ3v) is 3.58. The highest BCUT2D eigenvalue weighted by Gasteiger charge is 2.11. The molecule has 1 heterocycles. The Kier molecular flexibility index (Phi) is 4.16. The van der Waals surface area contributed by atoms with Crippen molar-refractivity contribution in [1.29, 1.82) is 0 Å². The van der Waals surface area contributed by atoms with Crippen LogP contribution in [-0.2, 0) is 11.5 Å². The van der Waals surface area contributed by atoms with E-state index in [1.807, 2.05) is 0 Å². The molecule has 15 heavy (non-hydrogen) atoms. The van der Waals surface area contributed by atoms with E-state index in [2.05, 4.69) is 29.7 Å². The predicted molar refractivity (Wildman–Crippen MR) is 59.5 cm³/mol. The monoisotopic (exact) mass is 227 g/mol. The first-order valence-corrected chi connectivity index (χ1v) is 8.64. The summed E-state index contributed by atoms with van der Waals surface area (Å²) in [5.41, 5.74) is 0. The highest BCUT2D eigenvalue weighted by atomic mass is 28.3. The van der Waals surface area contributed by atoms with E-state index in [0.717, 1.165) is 12.7 Å². The van der Waals surface area contributed by atoms with Crippen LogP contribution < -0.4 is 0 Å². The maximum Gasteiger partial charge on any atom is 0.214 e. The van der Waals surface area contributed by atoms with Crippen molar-refractivity contribution in [3.8, 4) is 0 Å². The lowest BCUT2D eigenvalue weighted by atomic mass is 10.7. The number of hydrogen-bond donors (Lipinski definition) is 0. The van der Waals surface area contributed by atoms with Crippen LogP contribution in [0.5, 0.6) is 0 Å². The van der Waals surface area contributed by atoms with Gasteiger partial charge in [0.2, 0.25) is 5.82 Å². The van der Waals surface area contributed by atoms with Gasteiger partial charge in [-0.3, -0.25) is 4.79 Å². The summed E-state index contributed by atoms with van der Waals surface area (Å²) in [4.78, 5) is 14.1. The van der Waals surface area contributed by atoms with Gasteiger partial charge < -0.3 is 4.74 Å². The lowest BCUT2D eigenvalue weighted by Crippen LogP contribution is -2.22. The number of rotatable bonds is 6. The number of carbonyl (C=O) groups is 1. The van der Waals surface area contributed by atoms with Crippen molar-refractivity contribution >= 4 is 14.4 Å². The van der Waals surface area contributed by atoms with E-state index in [4.69, 9.17) is 4.74 Å². The molecule has 1 aromatic heterocycles. The Morgan fingerprint density at radius 1 is 1.53 bits per heavy atom. The summed E-state index contributed by atoms with van der Waals surface area (Å²) in [7, 11) is -1.02. The molecule has 0 aliphatic carbocycles. The van der Waals surface area contributed by atoms with Crippen molar-refractivity contribution in [3.63, 3.8) is 0 Å². The van der Waals surface area contributed by atoms with E-state index >= 15 is 0 Å². The molecule has 0 spiro atoms. The number of carbonyl (C=O) groups excluding carboxylic acids is 1. The van der Waals surface area contributed by atoms with Gasteiger partial charge in [0.1, 0.15) is 13.1 Å². The zero-order valence-electron chi connectivity index (χ0n) is 9.43. The second-order valence-electron chi connectivity index (χ2n) is 4.61. The van der Waals surface area contributed by atoms with Gasteiger partial charge in [0.15, 0.2) is 6.29 Å². The van der Waals surface area contributed by atoms with E-state index in [1.54, 1.807) is 0 Å².